The Morgan fingerprint density at radius 1 is 1.09 bits per heavy atom. The van der Waals surface area contributed by atoms with E-state index in [4.69, 9.17) is 0 Å². The van der Waals surface area contributed by atoms with Crippen molar-refractivity contribution in [2.24, 2.45) is 7.05 Å². The molecule has 0 aliphatic heterocycles. The van der Waals surface area contributed by atoms with Gasteiger partial charge in [-0.1, -0.05) is 6.92 Å². The molecule has 1 aromatic carbocycles. The fourth-order valence-corrected chi connectivity index (χ4v) is 4.48. The van der Waals surface area contributed by atoms with Crippen molar-refractivity contribution in [1.29, 1.82) is 0 Å². The highest BCUT2D eigenvalue weighted by molar-refractivity contribution is 5.97. The smallest absolute Gasteiger partial charge is 0.181 e. The number of carbonyl (C=O) groups is 1. The van der Waals surface area contributed by atoms with E-state index < -0.39 is 0 Å². The first-order valence-electron chi connectivity index (χ1n) is 11.0. The van der Waals surface area contributed by atoms with Crippen LogP contribution in [0.15, 0.2) is 36.7 Å². The topological polar surface area (TPSA) is 90.5 Å². The van der Waals surface area contributed by atoms with Gasteiger partial charge in [-0.05, 0) is 50.5 Å². The van der Waals surface area contributed by atoms with Crippen LogP contribution in [0.2, 0.25) is 0 Å². The molecule has 3 heterocycles. The molecule has 0 saturated carbocycles. The number of benzene rings is 1. The Hall–Kier alpha value is -3.88. The van der Waals surface area contributed by atoms with Crippen molar-refractivity contribution < 1.29 is 9.18 Å². The molecule has 33 heavy (non-hydrogen) atoms. The van der Waals surface area contributed by atoms with E-state index in [2.05, 4.69) is 25.5 Å². The van der Waals surface area contributed by atoms with Crippen molar-refractivity contribution >= 4 is 17.4 Å². The van der Waals surface area contributed by atoms with Gasteiger partial charge in [-0.25, -0.2) is 19.0 Å². The molecule has 0 radical (unpaired) electrons. The van der Waals surface area contributed by atoms with Crippen molar-refractivity contribution in [2.75, 3.05) is 5.32 Å². The molecule has 8 nitrogen and oxygen atoms in total. The molecule has 0 spiro atoms. The first kappa shape index (κ1) is 21.0. The summed E-state index contributed by atoms with van der Waals surface area (Å²) < 4.78 is 16.8. The molecule has 4 aromatic rings. The van der Waals surface area contributed by atoms with Gasteiger partial charge in [0.1, 0.15) is 23.7 Å². The Morgan fingerprint density at radius 2 is 1.88 bits per heavy atom. The lowest BCUT2D eigenvalue weighted by atomic mass is 9.95. The second-order valence-corrected chi connectivity index (χ2v) is 8.15. The van der Waals surface area contributed by atoms with Crippen LogP contribution in [-0.4, -0.2) is 35.3 Å². The van der Waals surface area contributed by atoms with Gasteiger partial charge in [-0.2, -0.15) is 10.2 Å². The minimum atomic E-state index is -0.277. The number of Topliss-reactive ketones (excluding diaryl/α,β-unsaturated/α-hetero) is 1. The molecule has 1 aliphatic carbocycles. The summed E-state index contributed by atoms with van der Waals surface area (Å²) in [4.78, 5) is 21.3. The molecular weight excluding hydrogens is 421 g/mol. The quantitative estimate of drug-likeness (QED) is 0.492. The highest BCUT2D eigenvalue weighted by atomic mass is 19.1. The maximum atomic E-state index is 13.4. The number of fused-ring (bicyclic) bond motifs is 1. The van der Waals surface area contributed by atoms with Crippen LogP contribution >= 0.6 is 0 Å². The summed E-state index contributed by atoms with van der Waals surface area (Å²) in [7, 11) is 1.86. The maximum Gasteiger partial charge on any atom is 0.181 e. The number of hydrogen-bond donors (Lipinski definition) is 1. The van der Waals surface area contributed by atoms with Crippen molar-refractivity contribution in [2.45, 2.75) is 39.5 Å². The summed E-state index contributed by atoms with van der Waals surface area (Å²) >= 11 is 0. The number of halogens is 1. The largest absolute Gasteiger partial charge is 0.323 e. The zero-order valence-electron chi connectivity index (χ0n) is 18.8. The van der Waals surface area contributed by atoms with Crippen molar-refractivity contribution in [3.05, 3.63) is 65.0 Å². The van der Waals surface area contributed by atoms with Crippen LogP contribution in [0, 0.1) is 12.7 Å². The molecule has 0 atom stereocenters. The number of rotatable bonds is 5. The molecule has 0 fully saturated rings. The molecule has 3 aromatic heterocycles. The van der Waals surface area contributed by atoms with Gasteiger partial charge in [0.2, 0.25) is 0 Å². The number of aromatic nitrogens is 6. The molecular formula is C24H24FN7O. The van der Waals surface area contributed by atoms with E-state index >= 15 is 0 Å². The van der Waals surface area contributed by atoms with Crippen molar-refractivity contribution in [3.8, 4) is 17.1 Å². The van der Waals surface area contributed by atoms with E-state index in [0.29, 0.717) is 29.6 Å². The summed E-state index contributed by atoms with van der Waals surface area (Å²) in [6.07, 6.45) is 4.40. The summed E-state index contributed by atoms with van der Waals surface area (Å²) in [5, 5.41) is 12.5. The van der Waals surface area contributed by atoms with Crippen LogP contribution < -0.4 is 5.32 Å². The highest BCUT2D eigenvalue weighted by Crippen LogP contribution is 2.31. The number of carbonyl (C=O) groups excluding carboxylic acids is 1. The lowest BCUT2D eigenvalue weighted by Gasteiger charge is -2.13. The van der Waals surface area contributed by atoms with Gasteiger partial charge in [0.15, 0.2) is 17.4 Å². The fourth-order valence-electron chi connectivity index (χ4n) is 4.48. The minimum Gasteiger partial charge on any atom is -0.323 e. The molecule has 0 amide bonds. The minimum absolute atomic E-state index is 0.0897. The number of nitrogens with one attached hydrogen (secondary N) is 1. The van der Waals surface area contributed by atoms with Crippen LogP contribution in [-0.2, 0) is 19.9 Å². The van der Waals surface area contributed by atoms with E-state index in [1.54, 1.807) is 27.6 Å². The third kappa shape index (κ3) is 3.69. The Kier molecular flexibility index (Phi) is 5.24. The van der Waals surface area contributed by atoms with Gasteiger partial charge in [0.05, 0.1) is 11.4 Å². The van der Waals surface area contributed by atoms with E-state index in [1.165, 1.54) is 18.5 Å². The Bertz CT molecular complexity index is 1350. The SMILES string of the molecule is CCc1c(Nc2cc(-n3nc(C)c4c3C(=O)CCC4)ncn2)nn(C)c1-c1ccc(F)cc1. The van der Waals surface area contributed by atoms with Gasteiger partial charge >= 0.3 is 0 Å². The highest BCUT2D eigenvalue weighted by Gasteiger charge is 2.26. The number of aryl methyl sites for hydroxylation is 2. The summed E-state index contributed by atoms with van der Waals surface area (Å²) in [5.74, 6) is 1.55. The Balaban J connectivity index is 1.51. The second-order valence-electron chi connectivity index (χ2n) is 8.15. The van der Waals surface area contributed by atoms with Crippen molar-refractivity contribution in [3.63, 3.8) is 0 Å². The first-order chi connectivity index (χ1) is 16.0. The van der Waals surface area contributed by atoms with Crippen LogP contribution in [0.3, 0.4) is 0 Å². The molecule has 1 N–H and O–H groups in total. The predicted octanol–water partition coefficient (Wildman–Crippen LogP) is 4.34. The van der Waals surface area contributed by atoms with E-state index in [-0.39, 0.29) is 11.6 Å². The van der Waals surface area contributed by atoms with Gasteiger partial charge in [0, 0.05) is 36.2 Å². The summed E-state index contributed by atoms with van der Waals surface area (Å²) in [5.41, 5.74) is 5.27. The average molecular weight is 446 g/mol. The van der Waals surface area contributed by atoms with Crippen LogP contribution in [0.4, 0.5) is 16.0 Å². The Morgan fingerprint density at radius 3 is 2.64 bits per heavy atom. The van der Waals surface area contributed by atoms with Crippen LogP contribution in [0.25, 0.3) is 17.1 Å². The van der Waals surface area contributed by atoms with Gasteiger partial charge in [-0.3, -0.25) is 9.48 Å². The van der Waals surface area contributed by atoms with Crippen molar-refractivity contribution in [1.82, 2.24) is 29.5 Å². The predicted molar refractivity (Wildman–Crippen MR) is 122 cm³/mol. The van der Waals surface area contributed by atoms with Gasteiger partial charge in [-0.15, -0.1) is 0 Å². The lowest BCUT2D eigenvalue weighted by molar-refractivity contribution is 0.0964. The third-order valence-electron chi connectivity index (χ3n) is 6.01. The van der Waals surface area contributed by atoms with E-state index in [1.807, 2.05) is 20.9 Å². The monoisotopic (exact) mass is 445 g/mol. The zero-order valence-corrected chi connectivity index (χ0v) is 18.8. The second kappa shape index (κ2) is 8.23. The molecule has 9 heteroatoms. The van der Waals surface area contributed by atoms with Crippen LogP contribution in [0.5, 0.6) is 0 Å². The fraction of sp³-hybridized carbons (Fsp3) is 0.292. The number of ketones is 1. The van der Waals surface area contributed by atoms with Gasteiger partial charge in [0.25, 0.3) is 0 Å². The first-order valence-corrected chi connectivity index (χ1v) is 11.0. The molecule has 0 bridgehead atoms. The number of hydrogen-bond acceptors (Lipinski definition) is 6. The standard InChI is InChI=1S/C24H24FN7O/c1-4-17-22(15-8-10-16(25)11-9-15)31(3)30-24(17)28-20-12-21(27-13-26-20)32-23-18(14(2)29-32)6-5-7-19(23)33/h8-13H,4-7H2,1-3H3,(H,26,27,28,30). The third-order valence-corrected chi connectivity index (χ3v) is 6.01. The van der Waals surface area contributed by atoms with Gasteiger partial charge < -0.3 is 5.32 Å². The number of nitrogens with zero attached hydrogens (tertiary/aromatic N) is 6. The maximum absolute atomic E-state index is 13.4. The lowest BCUT2D eigenvalue weighted by Crippen LogP contribution is -2.16. The molecule has 0 unspecified atom stereocenters. The molecule has 5 rings (SSSR count). The zero-order chi connectivity index (χ0) is 23.1. The number of anilines is 2. The summed E-state index contributed by atoms with van der Waals surface area (Å²) in [6, 6.07) is 8.15. The molecule has 168 valence electrons. The average Bonchev–Trinajstić information content (AvgIpc) is 3.31. The van der Waals surface area contributed by atoms with E-state index in [0.717, 1.165) is 47.3 Å². The van der Waals surface area contributed by atoms with Crippen LogP contribution in [0.1, 0.15) is 47.1 Å². The summed E-state index contributed by atoms with van der Waals surface area (Å²) in [6.45, 7) is 3.97. The van der Waals surface area contributed by atoms with E-state index in [9.17, 15) is 9.18 Å². The molecule has 1 aliphatic rings. The Labute approximate surface area is 190 Å². The molecule has 0 saturated heterocycles. The normalized spacial score (nSPS) is 13.3.